The Kier molecular flexibility index (Phi) is 3.37. The average molecular weight is 285 g/mol. The van der Waals surface area contributed by atoms with Crippen LogP contribution in [0.1, 0.15) is 0 Å². The van der Waals surface area contributed by atoms with Crippen molar-refractivity contribution in [2.75, 3.05) is 24.6 Å². The van der Waals surface area contributed by atoms with Crippen molar-refractivity contribution in [2.24, 2.45) is 0 Å². The molecule has 0 spiro atoms. The van der Waals surface area contributed by atoms with Crippen LogP contribution in [0.3, 0.4) is 0 Å². The topological polar surface area (TPSA) is 38.4 Å². The molecule has 0 amide bonds. The summed E-state index contributed by atoms with van der Waals surface area (Å²) in [4.78, 5) is 14.1. The lowest BCUT2D eigenvalue weighted by molar-refractivity contribution is 0.235. The van der Waals surface area contributed by atoms with Crippen LogP contribution in [0.15, 0.2) is 27.4 Å². The molecule has 18 heavy (non-hydrogen) atoms. The predicted molar refractivity (Wildman–Crippen MR) is 74.4 cm³/mol. The van der Waals surface area contributed by atoms with Crippen LogP contribution in [0.4, 0.5) is 0 Å². The van der Waals surface area contributed by atoms with Gasteiger partial charge in [0.25, 0.3) is 0 Å². The smallest absolute Gasteiger partial charge is 0.408 e. The second-order valence-corrected chi connectivity index (χ2v) is 5.94. The van der Waals surface area contributed by atoms with E-state index in [2.05, 4.69) is 4.90 Å². The third kappa shape index (κ3) is 2.30. The molecule has 4 nitrogen and oxygen atoms in total. The van der Waals surface area contributed by atoms with Crippen LogP contribution in [0.25, 0.3) is 11.1 Å². The molecule has 6 heteroatoms. The molecule has 1 saturated heterocycles. The van der Waals surface area contributed by atoms with Crippen molar-refractivity contribution in [3.63, 3.8) is 0 Å². The summed E-state index contributed by atoms with van der Waals surface area (Å²) in [6, 6.07) is 5.30. The van der Waals surface area contributed by atoms with E-state index in [9.17, 15) is 4.79 Å². The summed E-state index contributed by atoms with van der Waals surface area (Å²) in [6.07, 6.45) is 0. The Morgan fingerprint density at radius 1 is 1.33 bits per heavy atom. The first-order valence-electron chi connectivity index (χ1n) is 5.83. The number of thioether (sulfide) groups is 1. The molecule has 0 radical (unpaired) electrons. The van der Waals surface area contributed by atoms with Crippen LogP contribution >= 0.6 is 23.4 Å². The lowest BCUT2D eigenvalue weighted by Crippen LogP contribution is -2.36. The molecule has 0 bridgehead atoms. The van der Waals surface area contributed by atoms with Crippen LogP contribution in [0, 0.1) is 0 Å². The van der Waals surface area contributed by atoms with Gasteiger partial charge in [0, 0.05) is 35.7 Å². The number of fused-ring (bicyclic) bond motifs is 1. The van der Waals surface area contributed by atoms with Crippen molar-refractivity contribution in [1.29, 1.82) is 0 Å². The summed E-state index contributed by atoms with van der Waals surface area (Å²) in [5.74, 6) is 1.93. The van der Waals surface area contributed by atoms with Gasteiger partial charge < -0.3 is 4.42 Å². The zero-order chi connectivity index (χ0) is 12.5. The minimum atomic E-state index is -0.314. The molecule has 3 rings (SSSR count). The summed E-state index contributed by atoms with van der Waals surface area (Å²) in [5.41, 5.74) is 1.36. The van der Waals surface area contributed by atoms with E-state index in [0.717, 1.165) is 30.1 Å². The van der Waals surface area contributed by atoms with Gasteiger partial charge in [-0.15, -0.1) is 0 Å². The molecule has 96 valence electrons. The fourth-order valence-electron chi connectivity index (χ4n) is 2.12. The number of rotatable bonds is 2. The van der Waals surface area contributed by atoms with Crippen molar-refractivity contribution in [1.82, 2.24) is 9.47 Å². The van der Waals surface area contributed by atoms with Crippen molar-refractivity contribution in [3.8, 4) is 0 Å². The number of nitrogens with zero attached hydrogens (tertiary/aromatic N) is 2. The Labute approximate surface area is 114 Å². The predicted octanol–water partition coefficient (Wildman–Crippen LogP) is 2.25. The highest BCUT2D eigenvalue weighted by molar-refractivity contribution is 7.99. The van der Waals surface area contributed by atoms with E-state index in [1.165, 1.54) is 0 Å². The van der Waals surface area contributed by atoms with Gasteiger partial charge in [-0.2, -0.15) is 11.8 Å². The van der Waals surface area contributed by atoms with E-state index in [4.69, 9.17) is 16.0 Å². The van der Waals surface area contributed by atoms with Crippen LogP contribution in [-0.4, -0.2) is 34.1 Å². The monoisotopic (exact) mass is 284 g/mol. The van der Waals surface area contributed by atoms with E-state index < -0.39 is 0 Å². The third-order valence-corrected chi connectivity index (χ3v) is 4.25. The number of hydrogen-bond donors (Lipinski definition) is 0. The highest BCUT2D eigenvalue weighted by Crippen LogP contribution is 2.19. The Morgan fingerprint density at radius 3 is 2.89 bits per heavy atom. The Balaban J connectivity index is 1.95. The summed E-state index contributed by atoms with van der Waals surface area (Å²) in [5, 5.41) is 0.581. The first-order valence-corrected chi connectivity index (χ1v) is 7.36. The number of aromatic nitrogens is 1. The van der Waals surface area contributed by atoms with Crippen LogP contribution in [0.5, 0.6) is 0 Å². The standard InChI is InChI=1S/C12H13ClN2O2S/c13-9-1-2-10-11(7-9)17-12(16)15(10)8-14-3-5-18-6-4-14/h1-2,7H,3-6,8H2. The minimum absolute atomic E-state index is 0.314. The molecule has 2 aromatic rings. The largest absolute Gasteiger partial charge is 0.421 e. The normalized spacial score (nSPS) is 17.4. The maximum absolute atomic E-state index is 11.8. The van der Waals surface area contributed by atoms with Gasteiger partial charge in [-0.3, -0.25) is 9.47 Å². The molecule has 2 heterocycles. The van der Waals surface area contributed by atoms with Gasteiger partial charge in [-0.05, 0) is 12.1 Å². The highest BCUT2D eigenvalue weighted by atomic mass is 35.5. The number of hydrogen-bond acceptors (Lipinski definition) is 4. The van der Waals surface area contributed by atoms with Crippen LogP contribution in [0.2, 0.25) is 5.02 Å². The molecule has 0 aliphatic carbocycles. The summed E-state index contributed by atoms with van der Waals surface area (Å²) < 4.78 is 6.88. The van der Waals surface area contributed by atoms with Gasteiger partial charge in [0.15, 0.2) is 5.58 Å². The Bertz CT molecular complexity index is 616. The van der Waals surface area contributed by atoms with E-state index in [1.807, 2.05) is 17.8 Å². The first kappa shape index (κ1) is 12.1. The number of benzene rings is 1. The minimum Gasteiger partial charge on any atom is -0.408 e. The SMILES string of the molecule is O=c1oc2cc(Cl)ccc2n1CN1CCSCC1. The van der Waals surface area contributed by atoms with Gasteiger partial charge in [-0.1, -0.05) is 11.6 Å². The number of oxazole rings is 1. The van der Waals surface area contributed by atoms with Gasteiger partial charge in [0.2, 0.25) is 0 Å². The molecule has 0 saturated carbocycles. The van der Waals surface area contributed by atoms with Crippen molar-refractivity contribution in [2.45, 2.75) is 6.67 Å². The molecule has 1 aromatic heterocycles. The fraction of sp³-hybridized carbons (Fsp3) is 0.417. The van der Waals surface area contributed by atoms with E-state index in [-0.39, 0.29) is 5.76 Å². The van der Waals surface area contributed by atoms with Crippen LogP contribution in [-0.2, 0) is 6.67 Å². The maximum atomic E-state index is 11.8. The van der Waals surface area contributed by atoms with E-state index in [1.54, 1.807) is 16.7 Å². The van der Waals surface area contributed by atoms with Gasteiger partial charge in [-0.25, -0.2) is 4.79 Å². The zero-order valence-corrected chi connectivity index (χ0v) is 11.3. The maximum Gasteiger partial charge on any atom is 0.421 e. The molecule has 1 aliphatic rings. The van der Waals surface area contributed by atoms with E-state index in [0.29, 0.717) is 17.3 Å². The highest BCUT2D eigenvalue weighted by Gasteiger charge is 2.15. The zero-order valence-electron chi connectivity index (χ0n) is 9.76. The second-order valence-electron chi connectivity index (χ2n) is 4.28. The lowest BCUT2D eigenvalue weighted by atomic mass is 10.3. The van der Waals surface area contributed by atoms with E-state index >= 15 is 0 Å². The molecule has 1 fully saturated rings. The molecular weight excluding hydrogens is 272 g/mol. The van der Waals surface area contributed by atoms with Crippen molar-refractivity contribution in [3.05, 3.63) is 33.8 Å². The average Bonchev–Trinajstić information content (AvgIpc) is 2.66. The third-order valence-electron chi connectivity index (χ3n) is 3.08. The molecule has 0 atom stereocenters. The quantitative estimate of drug-likeness (QED) is 0.848. The van der Waals surface area contributed by atoms with Gasteiger partial charge in [0.05, 0.1) is 12.2 Å². The van der Waals surface area contributed by atoms with Gasteiger partial charge in [0.1, 0.15) is 0 Å². The lowest BCUT2D eigenvalue weighted by Gasteiger charge is -2.25. The Morgan fingerprint density at radius 2 is 2.11 bits per heavy atom. The summed E-state index contributed by atoms with van der Waals surface area (Å²) >= 11 is 7.84. The Hall–Kier alpha value is -0.910. The van der Waals surface area contributed by atoms with Crippen molar-refractivity contribution >= 4 is 34.5 Å². The molecule has 1 aromatic carbocycles. The second kappa shape index (κ2) is 4.99. The molecule has 1 aliphatic heterocycles. The molecule has 0 N–H and O–H groups in total. The van der Waals surface area contributed by atoms with Crippen molar-refractivity contribution < 1.29 is 4.42 Å². The first-order chi connectivity index (χ1) is 8.74. The molecular formula is C12H13ClN2O2S. The molecule has 0 unspecified atom stereocenters. The fourth-order valence-corrected chi connectivity index (χ4v) is 3.26. The summed E-state index contributed by atoms with van der Waals surface area (Å²) in [6.45, 7) is 2.61. The van der Waals surface area contributed by atoms with Crippen LogP contribution < -0.4 is 5.76 Å². The number of halogens is 1. The van der Waals surface area contributed by atoms with Gasteiger partial charge >= 0.3 is 5.76 Å². The summed E-state index contributed by atoms with van der Waals surface area (Å²) in [7, 11) is 0.